The lowest BCUT2D eigenvalue weighted by atomic mass is 10.1. The molecule has 0 spiro atoms. The predicted molar refractivity (Wildman–Crippen MR) is 81.7 cm³/mol. The van der Waals surface area contributed by atoms with E-state index in [-0.39, 0.29) is 18.1 Å². The van der Waals surface area contributed by atoms with Crippen molar-refractivity contribution >= 4 is 5.91 Å². The number of aromatic nitrogens is 3. The molecule has 116 valence electrons. The Labute approximate surface area is 132 Å². The number of rotatable bonds is 5. The van der Waals surface area contributed by atoms with E-state index in [0.717, 1.165) is 11.3 Å². The van der Waals surface area contributed by atoms with Crippen LogP contribution < -0.4 is 10.1 Å². The van der Waals surface area contributed by atoms with Crippen molar-refractivity contribution in [2.24, 2.45) is 0 Å². The maximum Gasteiger partial charge on any atom is 0.271 e. The van der Waals surface area contributed by atoms with Crippen LogP contribution in [0.25, 0.3) is 11.3 Å². The summed E-state index contributed by atoms with van der Waals surface area (Å²) in [6, 6.07) is 9.21. The van der Waals surface area contributed by atoms with E-state index in [4.69, 9.17) is 9.26 Å². The van der Waals surface area contributed by atoms with Crippen LogP contribution in [-0.2, 0) is 6.54 Å². The van der Waals surface area contributed by atoms with Crippen molar-refractivity contribution in [2.45, 2.75) is 6.54 Å². The Morgan fingerprint density at radius 3 is 2.78 bits per heavy atom. The topological polar surface area (TPSA) is 90.1 Å². The largest absolute Gasteiger partial charge is 0.497 e. The first-order chi connectivity index (χ1) is 11.3. The highest BCUT2D eigenvalue weighted by Gasteiger charge is 2.10. The summed E-state index contributed by atoms with van der Waals surface area (Å²) < 4.78 is 10.4. The summed E-state index contributed by atoms with van der Waals surface area (Å²) in [5.41, 5.74) is 1.75. The minimum atomic E-state index is -0.313. The summed E-state index contributed by atoms with van der Waals surface area (Å²) in [5.74, 6) is 1.08. The van der Waals surface area contributed by atoms with Crippen LogP contribution in [0, 0.1) is 0 Å². The van der Waals surface area contributed by atoms with Crippen molar-refractivity contribution in [2.75, 3.05) is 7.11 Å². The first-order valence-electron chi connectivity index (χ1n) is 6.90. The molecule has 1 aromatic carbocycles. The molecule has 23 heavy (non-hydrogen) atoms. The average Bonchev–Trinajstić information content (AvgIpc) is 3.09. The SMILES string of the molecule is COc1ccc(-c2cc(CNC(=O)c3cnccn3)no2)cc1. The lowest BCUT2D eigenvalue weighted by molar-refractivity contribution is 0.0944. The van der Waals surface area contributed by atoms with Crippen LogP contribution >= 0.6 is 0 Å². The maximum atomic E-state index is 11.9. The molecule has 0 unspecified atom stereocenters. The van der Waals surface area contributed by atoms with Crippen LogP contribution in [-0.4, -0.2) is 28.1 Å². The lowest BCUT2D eigenvalue weighted by Crippen LogP contribution is -2.23. The third-order valence-corrected chi connectivity index (χ3v) is 3.16. The zero-order valence-corrected chi connectivity index (χ0v) is 12.4. The molecule has 7 nitrogen and oxygen atoms in total. The van der Waals surface area contributed by atoms with Crippen molar-refractivity contribution in [3.05, 3.63) is 60.3 Å². The molecule has 0 atom stereocenters. The molecule has 3 rings (SSSR count). The number of nitrogens with one attached hydrogen (secondary N) is 1. The molecule has 0 aliphatic heterocycles. The number of nitrogens with zero attached hydrogens (tertiary/aromatic N) is 3. The Bertz CT molecular complexity index is 785. The zero-order valence-electron chi connectivity index (χ0n) is 12.4. The molecular formula is C16H14N4O3. The van der Waals surface area contributed by atoms with Crippen LogP contribution in [0.1, 0.15) is 16.2 Å². The predicted octanol–water partition coefficient (Wildman–Crippen LogP) is 2.07. The summed E-state index contributed by atoms with van der Waals surface area (Å²) >= 11 is 0. The molecule has 0 radical (unpaired) electrons. The van der Waals surface area contributed by atoms with E-state index < -0.39 is 0 Å². The molecular weight excluding hydrogens is 296 g/mol. The van der Waals surface area contributed by atoms with Gasteiger partial charge in [-0.1, -0.05) is 5.16 Å². The zero-order chi connectivity index (χ0) is 16.1. The van der Waals surface area contributed by atoms with Crippen molar-refractivity contribution in [1.29, 1.82) is 0 Å². The molecule has 1 N–H and O–H groups in total. The summed E-state index contributed by atoms with van der Waals surface area (Å²) in [4.78, 5) is 19.7. The molecule has 0 fully saturated rings. The second-order valence-corrected chi connectivity index (χ2v) is 4.68. The Kier molecular flexibility index (Phi) is 4.28. The van der Waals surface area contributed by atoms with Gasteiger partial charge < -0.3 is 14.6 Å². The number of hydrogen-bond donors (Lipinski definition) is 1. The number of ether oxygens (including phenoxy) is 1. The molecule has 0 aliphatic carbocycles. The first kappa shape index (κ1) is 14.7. The molecule has 0 saturated carbocycles. The summed E-state index contributed by atoms with van der Waals surface area (Å²) in [5, 5.41) is 6.66. The van der Waals surface area contributed by atoms with Gasteiger partial charge in [-0.2, -0.15) is 0 Å². The smallest absolute Gasteiger partial charge is 0.271 e. The summed E-state index contributed by atoms with van der Waals surface area (Å²) in [6.45, 7) is 0.245. The third kappa shape index (κ3) is 3.52. The fourth-order valence-corrected chi connectivity index (χ4v) is 1.96. The van der Waals surface area contributed by atoms with Crippen LogP contribution in [0.3, 0.4) is 0 Å². The standard InChI is InChI=1S/C16H14N4O3/c1-22-13-4-2-11(3-5-13)15-8-12(20-23-15)9-19-16(21)14-10-17-6-7-18-14/h2-8,10H,9H2,1H3,(H,19,21). The van der Waals surface area contributed by atoms with Crippen molar-refractivity contribution in [1.82, 2.24) is 20.4 Å². The van der Waals surface area contributed by atoms with Crippen molar-refractivity contribution in [3.8, 4) is 17.1 Å². The highest BCUT2D eigenvalue weighted by Crippen LogP contribution is 2.23. The summed E-state index contributed by atoms with van der Waals surface area (Å²) in [6.07, 6.45) is 4.38. The van der Waals surface area contributed by atoms with E-state index in [1.54, 1.807) is 13.2 Å². The number of methoxy groups -OCH3 is 1. The van der Waals surface area contributed by atoms with Crippen LogP contribution in [0.5, 0.6) is 5.75 Å². The van der Waals surface area contributed by atoms with Gasteiger partial charge in [-0.25, -0.2) is 4.98 Å². The second kappa shape index (κ2) is 6.69. The van der Waals surface area contributed by atoms with E-state index in [9.17, 15) is 4.79 Å². The van der Waals surface area contributed by atoms with Gasteiger partial charge in [0.25, 0.3) is 5.91 Å². The highest BCUT2D eigenvalue weighted by atomic mass is 16.5. The number of benzene rings is 1. The van der Waals surface area contributed by atoms with E-state index in [0.29, 0.717) is 11.5 Å². The fourth-order valence-electron chi connectivity index (χ4n) is 1.96. The van der Waals surface area contributed by atoms with Crippen molar-refractivity contribution in [3.63, 3.8) is 0 Å². The molecule has 7 heteroatoms. The quantitative estimate of drug-likeness (QED) is 0.776. The van der Waals surface area contributed by atoms with E-state index in [1.807, 2.05) is 24.3 Å². The summed E-state index contributed by atoms with van der Waals surface area (Å²) in [7, 11) is 1.61. The number of amides is 1. The molecule has 1 amide bonds. The van der Waals surface area contributed by atoms with Gasteiger partial charge in [0, 0.05) is 24.0 Å². The second-order valence-electron chi connectivity index (χ2n) is 4.68. The average molecular weight is 310 g/mol. The van der Waals surface area contributed by atoms with Crippen LogP contribution in [0.15, 0.2) is 53.4 Å². The molecule has 0 bridgehead atoms. The third-order valence-electron chi connectivity index (χ3n) is 3.16. The Balaban J connectivity index is 1.64. The normalized spacial score (nSPS) is 10.3. The monoisotopic (exact) mass is 310 g/mol. The minimum absolute atomic E-state index is 0.245. The Hall–Kier alpha value is -3.22. The van der Waals surface area contributed by atoms with E-state index >= 15 is 0 Å². The fraction of sp³-hybridized carbons (Fsp3) is 0.125. The van der Waals surface area contributed by atoms with Gasteiger partial charge in [0.2, 0.25) is 0 Å². The number of hydrogen-bond acceptors (Lipinski definition) is 6. The Morgan fingerprint density at radius 1 is 1.26 bits per heavy atom. The molecule has 0 aliphatic rings. The van der Waals surface area contributed by atoms with Gasteiger partial charge >= 0.3 is 0 Å². The van der Waals surface area contributed by atoms with Crippen molar-refractivity contribution < 1.29 is 14.1 Å². The highest BCUT2D eigenvalue weighted by molar-refractivity contribution is 5.91. The molecule has 2 aromatic heterocycles. The van der Waals surface area contributed by atoms with Gasteiger partial charge in [-0.3, -0.25) is 9.78 Å². The van der Waals surface area contributed by atoms with E-state index in [1.165, 1.54) is 18.6 Å². The van der Waals surface area contributed by atoms with Gasteiger partial charge in [-0.15, -0.1) is 0 Å². The van der Waals surface area contributed by atoms with Gasteiger partial charge in [-0.05, 0) is 24.3 Å². The maximum absolute atomic E-state index is 11.9. The van der Waals surface area contributed by atoms with Gasteiger partial charge in [0.1, 0.15) is 17.1 Å². The first-order valence-corrected chi connectivity index (χ1v) is 6.90. The van der Waals surface area contributed by atoms with Crippen LogP contribution in [0.4, 0.5) is 0 Å². The Morgan fingerprint density at radius 2 is 2.09 bits per heavy atom. The van der Waals surface area contributed by atoms with Gasteiger partial charge in [0.05, 0.1) is 19.9 Å². The molecule has 0 saturated heterocycles. The molecule has 3 aromatic rings. The molecule has 2 heterocycles. The van der Waals surface area contributed by atoms with E-state index in [2.05, 4.69) is 20.4 Å². The van der Waals surface area contributed by atoms with Crippen LogP contribution in [0.2, 0.25) is 0 Å². The minimum Gasteiger partial charge on any atom is -0.497 e. The number of carbonyl (C=O) groups excluding carboxylic acids is 1. The van der Waals surface area contributed by atoms with Gasteiger partial charge in [0.15, 0.2) is 5.76 Å². The lowest BCUT2D eigenvalue weighted by Gasteiger charge is -2.00. The number of carbonyl (C=O) groups is 1.